The number of halogens is 1. The summed E-state index contributed by atoms with van der Waals surface area (Å²) in [5.74, 6) is 0. The van der Waals surface area contributed by atoms with Gasteiger partial charge in [-0.25, -0.2) is 0 Å². The number of nitrogen functional groups attached to an aromatic ring is 1. The van der Waals surface area contributed by atoms with E-state index in [0.717, 1.165) is 31.5 Å². The Morgan fingerprint density at radius 2 is 2.06 bits per heavy atom. The second kappa shape index (κ2) is 6.61. The van der Waals surface area contributed by atoms with E-state index < -0.39 is 0 Å². The number of unbranched alkanes of at least 4 members (excludes halogenated alkanes) is 2. The molecule has 0 heterocycles. The molecule has 0 unspecified atom stereocenters. The lowest BCUT2D eigenvalue weighted by Gasteiger charge is -2.21. The number of nitrogens with zero attached hydrogens (tertiary/aromatic N) is 1. The second-order valence-electron chi connectivity index (χ2n) is 3.88. The lowest BCUT2D eigenvalue weighted by Crippen LogP contribution is -2.19. The number of rotatable bonds is 6. The van der Waals surface area contributed by atoms with Crippen molar-refractivity contribution in [2.75, 3.05) is 30.8 Å². The maximum absolute atomic E-state index is 8.68. The number of benzene rings is 1. The Hall–Kier alpha value is -0.930. The summed E-state index contributed by atoms with van der Waals surface area (Å²) in [6.07, 6.45) is 2.93. The van der Waals surface area contributed by atoms with Crippen LogP contribution >= 0.6 is 11.6 Å². The highest BCUT2D eigenvalue weighted by Crippen LogP contribution is 2.29. The molecule has 3 nitrogen and oxygen atoms in total. The van der Waals surface area contributed by atoms with Crippen LogP contribution in [0.2, 0.25) is 5.02 Å². The van der Waals surface area contributed by atoms with Gasteiger partial charge in [0.15, 0.2) is 0 Å². The van der Waals surface area contributed by atoms with Gasteiger partial charge in [0.05, 0.1) is 16.4 Å². The topological polar surface area (TPSA) is 49.5 Å². The molecule has 0 radical (unpaired) electrons. The molecule has 16 heavy (non-hydrogen) atoms. The quantitative estimate of drug-likeness (QED) is 0.595. The molecule has 0 saturated carbocycles. The van der Waals surface area contributed by atoms with E-state index in [-0.39, 0.29) is 6.61 Å². The molecule has 1 rings (SSSR count). The summed E-state index contributed by atoms with van der Waals surface area (Å²) in [7, 11) is 2.00. The van der Waals surface area contributed by atoms with Gasteiger partial charge in [-0.05, 0) is 31.4 Å². The molecular formula is C12H19ClN2O. The summed E-state index contributed by atoms with van der Waals surface area (Å²) in [5.41, 5.74) is 7.50. The van der Waals surface area contributed by atoms with Crippen molar-refractivity contribution in [2.45, 2.75) is 19.3 Å². The Morgan fingerprint density at radius 1 is 1.31 bits per heavy atom. The van der Waals surface area contributed by atoms with Gasteiger partial charge in [0, 0.05) is 20.2 Å². The van der Waals surface area contributed by atoms with Crippen molar-refractivity contribution < 1.29 is 5.11 Å². The third kappa shape index (κ3) is 3.58. The number of hydrogen-bond acceptors (Lipinski definition) is 3. The van der Waals surface area contributed by atoms with Crippen LogP contribution in [0, 0.1) is 0 Å². The first-order valence-electron chi connectivity index (χ1n) is 5.52. The molecule has 0 bridgehead atoms. The fourth-order valence-electron chi connectivity index (χ4n) is 1.62. The van der Waals surface area contributed by atoms with E-state index >= 15 is 0 Å². The minimum atomic E-state index is 0.267. The molecule has 1 aromatic carbocycles. The fourth-order valence-corrected chi connectivity index (χ4v) is 1.79. The summed E-state index contributed by atoms with van der Waals surface area (Å²) < 4.78 is 0. The highest BCUT2D eigenvalue weighted by molar-refractivity contribution is 6.33. The largest absolute Gasteiger partial charge is 0.396 e. The van der Waals surface area contributed by atoms with Crippen molar-refractivity contribution in [2.24, 2.45) is 0 Å². The van der Waals surface area contributed by atoms with Gasteiger partial charge in [0.1, 0.15) is 0 Å². The van der Waals surface area contributed by atoms with Crippen LogP contribution in [-0.4, -0.2) is 25.3 Å². The lowest BCUT2D eigenvalue weighted by molar-refractivity contribution is 0.283. The zero-order valence-corrected chi connectivity index (χ0v) is 10.4. The van der Waals surface area contributed by atoms with E-state index in [4.69, 9.17) is 22.4 Å². The maximum atomic E-state index is 8.68. The van der Waals surface area contributed by atoms with Crippen LogP contribution < -0.4 is 10.6 Å². The Bertz CT molecular complexity index is 331. The minimum absolute atomic E-state index is 0.267. The fraction of sp³-hybridized carbons (Fsp3) is 0.500. The third-order valence-electron chi connectivity index (χ3n) is 2.59. The van der Waals surface area contributed by atoms with Gasteiger partial charge >= 0.3 is 0 Å². The van der Waals surface area contributed by atoms with Gasteiger partial charge in [-0.15, -0.1) is 0 Å². The van der Waals surface area contributed by atoms with Crippen LogP contribution in [0.5, 0.6) is 0 Å². The summed E-state index contributed by atoms with van der Waals surface area (Å²) in [6.45, 7) is 1.19. The molecular weight excluding hydrogens is 224 g/mol. The molecule has 0 saturated heterocycles. The smallest absolute Gasteiger partial charge is 0.0741 e. The van der Waals surface area contributed by atoms with Gasteiger partial charge in [-0.2, -0.15) is 0 Å². The lowest BCUT2D eigenvalue weighted by atomic mass is 10.2. The van der Waals surface area contributed by atoms with Gasteiger partial charge in [-0.3, -0.25) is 0 Å². The summed E-state index contributed by atoms with van der Waals surface area (Å²) in [5, 5.41) is 9.27. The van der Waals surface area contributed by atoms with Crippen molar-refractivity contribution in [1.29, 1.82) is 0 Å². The van der Waals surface area contributed by atoms with E-state index in [1.807, 2.05) is 19.2 Å². The molecule has 0 amide bonds. The van der Waals surface area contributed by atoms with Crippen LogP contribution in [0.4, 0.5) is 11.4 Å². The van der Waals surface area contributed by atoms with Crippen molar-refractivity contribution in [3.63, 3.8) is 0 Å². The van der Waals surface area contributed by atoms with E-state index in [1.54, 1.807) is 6.07 Å². The molecule has 1 aromatic rings. The van der Waals surface area contributed by atoms with Crippen LogP contribution in [0.25, 0.3) is 0 Å². The second-order valence-corrected chi connectivity index (χ2v) is 4.29. The van der Waals surface area contributed by atoms with Gasteiger partial charge in [0.25, 0.3) is 0 Å². The molecule has 0 aromatic heterocycles. The molecule has 0 atom stereocenters. The van der Waals surface area contributed by atoms with Crippen molar-refractivity contribution >= 4 is 23.0 Å². The maximum Gasteiger partial charge on any atom is 0.0741 e. The highest BCUT2D eigenvalue weighted by atomic mass is 35.5. The number of aliphatic hydroxyl groups excluding tert-OH is 1. The summed E-state index contributed by atoms with van der Waals surface area (Å²) in [4.78, 5) is 2.10. The predicted molar refractivity (Wildman–Crippen MR) is 70.1 cm³/mol. The number of para-hydroxylation sites is 1. The van der Waals surface area contributed by atoms with E-state index in [0.29, 0.717) is 10.7 Å². The molecule has 0 aliphatic heterocycles. The van der Waals surface area contributed by atoms with Crippen LogP contribution in [0.1, 0.15) is 19.3 Å². The van der Waals surface area contributed by atoms with Crippen molar-refractivity contribution in [3.8, 4) is 0 Å². The highest BCUT2D eigenvalue weighted by Gasteiger charge is 2.07. The monoisotopic (exact) mass is 242 g/mol. The Balaban J connectivity index is 2.52. The average molecular weight is 243 g/mol. The standard InChI is InChI=1S/C12H19ClN2O/c1-15(8-3-2-4-9-16)11-7-5-6-10(13)12(11)14/h5-7,16H,2-4,8-9,14H2,1H3. The minimum Gasteiger partial charge on any atom is -0.396 e. The van der Waals surface area contributed by atoms with Gasteiger partial charge in [-0.1, -0.05) is 17.7 Å². The third-order valence-corrected chi connectivity index (χ3v) is 2.92. The Morgan fingerprint density at radius 3 is 2.75 bits per heavy atom. The van der Waals surface area contributed by atoms with E-state index in [9.17, 15) is 0 Å². The van der Waals surface area contributed by atoms with Crippen LogP contribution in [0.3, 0.4) is 0 Å². The first-order valence-corrected chi connectivity index (χ1v) is 5.90. The summed E-state index contributed by atoms with van der Waals surface area (Å²) in [6, 6.07) is 5.66. The SMILES string of the molecule is CN(CCCCCO)c1cccc(Cl)c1N. The zero-order valence-electron chi connectivity index (χ0n) is 9.62. The van der Waals surface area contributed by atoms with Gasteiger partial charge < -0.3 is 15.7 Å². The first kappa shape index (κ1) is 13.1. The van der Waals surface area contributed by atoms with Crippen LogP contribution in [0.15, 0.2) is 18.2 Å². The normalized spacial score (nSPS) is 10.4. The molecule has 0 aliphatic rings. The Labute approximate surface area is 102 Å². The number of hydrogen-bond donors (Lipinski definition) is 2. The molecule has 0 spiro atoms. The molecule has 4 heteroatoms. The number of nitrogens with two attached hydrogens (primary N) is 1. The molecule has 3 N–H and O–H groups in total. The Kier molecular flexibility index (Phi) is 5.43. The number of aliphatic hydroxyl groups is 1. The van der Waals surface area contributed by atoms with E-state index in [1.165, 1.54) is 0 Å². The molecule has 90 valence electrons. The van der Waals surface area contributed by atoms with Crippen LogP contribution in [-0.2, 0) is 0 Å². The van der Waals surface area contributed by atoms with Crippen molar-refractivity contribution in [1.82, 2.24) is 0 Å². The zero-order chi connectivity index (χ0) is 12.0. The van der Waals surface area contributed by atoms with Gasteiger partial charge in [0.2, 0.25) is 0 Å². The predicted octanol–water partition coefficient (Wildman–Crippen LogP) is 2.52. The molecule has 0 aliphatic carbocycles. The van der Waals surface area contributed by atoms with E-state index in [2.05, 4.69) is 4.90 Å². The molecule has 0 fully saturated rings. The first-order chi connectivity index (χ1) is 7.66. The summed E-state index contributed by atoms with van der Waals surface area (Å²) >= 11 is 5.96. The number of anilines is 2. The average Bonchev–Trinajstić information content (AvgIpc) is 2.28. The van der Waals surface area contributed by atoms with Crippen molar-refractivity contribution in [3.05, 3.63) is 23.2 Å².